The number of amides is 2. The van der Waals surface area contributed by atoms with Crippen molar-refractivity contribution in [2.75, 3.05) is 38.0 Å². The maximum Gasteiger partial charge on any atom is 0.240 e. The molecule has 0 bridgehead atoms. The summed E-state index contributed by atoms with van der Waals surface area (Å²) >= 11 is 1.60. The summed E-state index contributed by atoms with van der Waals surface area (Å²) in [5.74, 6) is 0.146. The van der Waals surface area contributed by atoms with E-state index >= 15 is 0 Å². The van der Waals surface area contributed by atoms with Crippen LogP contribution < -0.4 is 5.32 Å². The minimum absolute atomic E-state index is 0.0113. The smallest absolute Gasteiger partial charge is 0.240 e. The van der Waals surface area contributed by atoms with Crippen molar-refractivity contribution in [2.45, 2.75) is 43.3 Å². The highest BCUT2D eigenvalue weighted by atomic mass is 32.2. The van der Waals surface area contributed by atoms with Crippen LogP contribution in [0.1, 0.15) is 42.2 Å². The van der Waals surface area contributed by atoms with Crippen molar-refractivity contribution in [1.82, 2.24) is 9.80 Å². The lowest BCUT2D eigenvalue weighted by atomic mass is 10.0. The van der Waals surface area contributed by atoms with Crippen molar-refractivity contribution >= 4 is 29.3 Å². The van der Waals surface area contributed by atoms with Gasteiger partial charge in [0.25, 0.3) is 0 Å². The van der Waals surface area contributed by atoms with E-state index in [1.54, 1.807) is 11.8 Å². The molecule has 0 aliphatic carbocycles. The highest BCUT2D eigenvalue weighted by Gasteiger charge is 2.29. The Bertz CT molecular complexity index is 1150. The number of aryl methyl sites for hydroxylation is 2. The molecular formula is C31H37N3O2S. The summed E-state index contributed by atoms with van der Waals surface area (Å²) in [4.78, 5) is 32.0. The van der Waals surface area contributed by atoms with E-state index in [-0.39, 0.29) is 17.1 Å². The van der Waals surface area contributed by atoms with Gasteiger partial charge in [0.05, 0.1) is 6.54 Å². The van der Waals surface area contributed by atoms with Gasteiger partial charge < -0.3 is 10.2 Å². The Hall–Kier alpha value is -3.09. The van der Waals surface area contributed by atoms with Gasteiger partial charge in [0, 0.05) is 36.8 Å². The summed E-state index contributed by atoms with van der Waals surface area (Å²) in [7, 11) is 0. The Morgan fingerprint density at radius 1 is 0.811 bits per heavy atom. The van der Waals surface area contributed by atoms with E-state index in [4.69, 9.17) is 0 Å². The quantitative estimate of drug-likeness (QED) is 0.365. The van der Waals surface area contributed by atoms with Crippen LogP contribution in [0.5, 0.6) is 0 Å². The first-order valence-electron chi connectivity index (χ1n) is 13.3. The molecule has 1 aliphatic heterocycles. The largest absolute Gasteiger partial charge is 0.340 e. The summed E-state index contributed by atoms with van der Waals surface area (Å²) in [6.07, 6.45) is 2.61. The van der Waals surface area contributed by atoms with Crippen LogP contribution in [0.2, 0.25) is 0 Å². The molecule has 3 aromatic carbocycles. The number of anilines is 1. The fourth-order valence-corrected chi connectivity index (χ4v) is 5.95. The van der Waals surface area contributed by atoms with E-state index in [0.29, 0.717) is 26.2 Å². The van der Waals surface area contributed by atoms with Crippen LogP contribution in [0, 0.1) is 0 Å². The molecule has 0 saturated carbocycles. The number of hydrogen-bond acceptors (Lipinski definition) is 4. The van der Waals surface area contributed by atoms with Gasteiger partial charge in [-0.1, -0.05) is 80.6 Å². The topological polar surface area (TPSA) is 52.7 Å². The molecule has 3 aromatic rings. The second-order valence-corrected chi connectivity index (χ2v) is 10.6. The normalized spacial score (nSPS) is 15.1. The van der Waals surface area contributed by atoms with E-state index in [1.165, 1.54) is 11.1 Å². The molecule has 1 atom stereocenters. The molecule has 0 radical (unpaired) electrons. The van der Waals surface area contributed by atoms with Crippen molar-refractivity contribution in [2.24, 2.45) is 0 Å². The molecule has 5 nitrogen and oxygen atoms in total. The molecule has 37 heavy (non-hydrogen) atoms. The third-order valence-corrected chi connectivity index (χ3v) is 8.11. The van der Waals surface area contributed by atoms with E-state index in [0.717, 1.165) is 42.0 Å². The number of carbonyl (C=O) groups is 2. The molecular weight excluding hydrogens is 478 g/mol. The number of rotatable bonds is 9. The van der Waals surface area contributed by atoms with Crippen LogP contribution in [0.25, 0.3) is 0 Å². The van der Waals surface area contributed by atoms with Gasteiger partial charge in [0.2, 0.25) is 11.8 Å². The van der Waals surface area contributed by atoms with Crippen LogP contribution in [0.4, 0.5) is 5.69 Å². The zero-order valence-corrected chi connectivity index (χ0v) is 22.7. The lowest BCUT2D eigenvalue weighted by Crippen LogP contribution is -2.39. The van der Waals surface area contributed by atoms with Gasteiger partial charge in [-0.2, -0.15) is 0 Å². The Morgan fingerprint density at radius 3 is 2.11 bits per heavy atom. The SMILES string of the molecule is CCc1cccc(CC)c1NC(=O)CN1CCCN(C(=O)C(Sc2ccccc2)c2ccccc2)CC1. The van der Waals surface area contributed by atoms with Crippen molar-refractivity contribution in [3.05, 3.63) is 95.6 Å². The number of thioether (sulfide) groups is 1. The number of nitrogens with one attached hydrogen (secondary N) is 1. The van der Waals surface area contributed by atoms with Gasteiger partial charge in [0.1, 0.15) is 5.25 Å². The zero-order chi connectivity index (χ0) is 26.0. The van der Waals surface area contributed by atoms with Crippen LogP contribution in [0.3, 0.4) is 0 Å². The van der Waals surface area contributed by atoms with Crippen LogP contribution >= 0.6 is 11.8 Å². The van der Waals surface area contributed by atoms with Crippen molar-refractivity contribution in [3.63, 3.8) is 0 Å². The van der Waals surface area contributed by atoms with Gasteiger partial charge in [0.15, 0.2) is 0 Å². The molecule has 1 unspecified atom stereocenters. The number of para-hydroxylation sites is 1. The van der Waals surface area contributed by atoms with Gasteiger partial charge in [-0.25, -0.2) is 0 Å². The van der Waals surface area contributed by atoms with Crippen LogP contribution in [0.15, 0.2) is 83.8 Å². The van der Waals surface area contributed by atoms with Crippen LogP contribution in [-0.2, 0) is 22.4 Å². The fraction of sp³-hybridized carbons (Fsp3) is 0.355. The number of nitrogens with zero attached hydrogens (tertiary/aromatic N) is 2. The van der Waals surface area contributed by atoms with Crippen molar-refractivity contribution in [3.8, 4) is 0 Å². The maximum atomic E-state index is 13.8. The van der Waals surface area contributed by atoms with E-state index in [2.05, 4.69) is 54.4 Å². The van der Waals surface area contributed by atoms with Gasteiger partial charge in [-0.05, 0) is 48.1 Å². The summed E-state index contributed by atoms with van der Waals surface area (Å²) in [5.41, 5.74) is 4.32. The van der Waals surface area contributed by atoms with Gasteiger partial charge in [-0.3, -0.25) is 14.5 Å². The molecule has 1 fully saturated rings. The molecule has 1 N–H and O–H groups in total. The highest BCUT2D eigenvalue weighted by molar-refractivity contribution is 8.00. The van der Waals surface area contributed by atoms with Gasteiger partial charge >= 0.3 is 0 Å². The Kier molecular flexibility index (Phi) is 9.80. The lowest BCUT2D eigenvalue weighted by Gasteiger charge is -2.26. The lowest BCUT2D eigenvalue weighted by molar-refractivity contribution is -0.130. The number of carbonyl (C=O) groups excluding carboxylic acids is 2. The average molecular weight is 516 g/mol. The Morgan fingerprint density at radius 2 is 1.46 bits per heavy atom. The van der Waals surface area contributed by atoms with Crippen molar-refractivity contribution in [1.29, 1.82) is 0 Å². The second kappa shape index (κ2) is 13.5. The third-order valence-electron chi connectivity index (χ3n) is 6.85. The first kappa shape index (κ1) is 27.0. The molecule has 6 heteroatoms. The minimum Gasteiger partial charge on any atom is -0.340 e. The molecule has 1 heterocycles. The Labute approximate surface area is 225 Å². The number of hydrogen-bond donors (Lipinski definition) is 1. The first-order chi connectivity index (χ1) is 18.1. The monoisotopic (exact) mass is 515 g/mol. The summed E-state index contributed by atoms with van der Waals surface area (Å²) in [6.45, 7) is 7.38. The van der Waals surface area contributed by atoms with E-state index < -0.39 is 0 Å². The second-order valence-electron chi connectivity index (χ2n) is 9.38. The molecule has 0 spiro atoms. The molecule has 194 valence electrons. The summed E-state index contributed by atoms with van der Waals surface area (Å²) in [5, 5.41) is 2.89. The maximum absolute atomic E-state index is 13.8. The van der Waals surface area contributed by atoms with E-state index in [9.17, 15) is 9.59 Å². The third kappa shape index (κ3) is 7.24. The van der Waals surface area contributed by atoms with Crippen LogP contribution in [-0.4, -0.2) is 54.3 Å². The minimum atomic E-state index is -0.295. The molecule has 1 saturated heterocycles. The molecule has 2 amide bonds. The highest BCUT2D eigenvalue weighted by Crippen LogP contribution is 2.36. The predicted molar refractivity (Wildman–Crippen MR) is 153 cm³/mol. The standard InChI is InChI=1S/C31H37N3O2S/c1-3-24-15-11-16-25(4-2)29(24)32-28(35)23-33-19-12-20-34(22-21-33)31(36)30(26-13-7-5-8-14-26)37-27-17-9-6-10-18-27/h5-11,13-18,30H,3-4,12,19-23H2,1-2H3,(H,32,35). The predicted octanol–water partition coefficient (Wildman–Crippen LogP) is 5.82. The molecule has 0 aromatic heterocycles. The first-order valence-corrected chi connectivity index (χ1v) is 14.2. The molecule has 1 aliphatic rings. The van der Waals surface area contributed by atoms with Crippen molar-refractivity contribution < 1.29 is 9.59 Å². The Balaban J connectivity index is 1.40. The number of benzene rings is 3. The summed E-state index contributed by atoms with van der Waals surface area (Å²) < 4.78 is 0. The fourth-order valence-electron chi connectivity index (χ4n) is 4.82. The zero-order valence-electron chi connectivity index (χ0n) is 21.9. The van der Waals surface area contributed by atoms with Gasteiger partial charge in [-0.15, -0.1) is 11.8 Å². The molecule has 4 rings (SSSR count). The van der Waals surface area contributed by atoms with E-state index in [1.807, 2.05) is 53.4 Å². The summed E-state index contributed by atoms with van der Waals surface area (Å²) in [6, 6.07) is 26.4. The average Bonchev–Trinajstić information content (AvgIpc) is 3.18.